The molecule has 1 fully saturated rings. The van der Waals surface area contributed by atoms with Crippen LogP contribution in [0.5, 0.6) is 0 Å². The Morgan fingerprint density at radius 2 is 0.754 bits per heavy atom. The van der Waals surface area contributed by atoms with Crippen LogP contribution >= 0.6 is 7.82 Å². The maximum atomic E-state index is 13.0. The van der Waals surface area contributed by atoms with Gasteiger partial charge in [0.05, 0.1) is 18.8 Å². The molecule has 0 bridgehead atoms. The summed E-state index contributed by atoms with van der Waals surface area (Å²) in [4.78, 5) is 14.7. The Labute approximate surface area is 397 Å². The van der Waals surface area contributed by atoms with E-state index < -0.39 is 69.1 Å². The van der Waals surface area contributed by atoms with Crippen molar-refractivity contribution in [1.82, 2.24) is 0 Å². The van der Waals surface area contributed by atoms with Gasteiger partial charge in [-0.15, -0.1) is 0 Å². The highest BCUT2D eigenvalue weighted by molar-refractivity contribution is 7.47. The van der Waals surface area contributed by atoms with E-state index in [1.165, 1.54) is 193 Å². The number of phosphoric acid groups is 1. The molecule has 0 aliphatic heterocycles. The second-order valence-corrected chi connectivity index (χ2v) is 21.1. The number of hydrogen-bond acceptors (Lipinski definition) is 11. The van der Waals surface area contributed by atoms with Crippen LogP contribution in [0.1, 0.15) is 271 Å². The molecule has 388 valence electrons. The molecule has 3 unspecified atom stereocenters. The molecule has 0 amide bonds. The number of rotatable bonds is 47. The van der Waals surface area contributed by atoms with Gasteiger partial charge in [-0.2, -0.15) is 0 Å². The number of nitrogens with zero attached hydrogens (tertiary/aromatic N) is 1. The SMILES string of the molecule is CCCCCCCCCCCCCCCCCCCCCCCCCC([O-])=N[C@@H](COP(=O)(O)OC1[C@H](O)[C@H](O)C(O)[C@H](O)[C@H]1O)[C@H](O)CCCCCCCCCCCCCCCCC. The smallest absolute Gasteiger partial charge is 0.472 e. The first kappa shape index (κ1) is 62.4. The fourth-order valence-electron chi connectivity index (χ4n) is 9.14. The molecule has 0 radical (unpaired) electrons. The van der Waals surface area contributed by atoms with Gasteiger partial charge in [-0.3, -0.25) is 14.0 Å². The van der Waals surface area contributed by atoms with E-state index >= 15 is 0 Å². The van der Waals surface area contributed by atoms with Crippen molar-refractivity contribution in [3.8, 4) is 0 Å². The molecule has 1 aliphatic carbocycles. The van der Waals surface area contributed by atoms with E-state index in [1.807, 2.05) is 0 Å². The summed E-state index contributed by atoms with van der Waals surface area (Å²) in [5, 5.41) is 74.5. The fraction of sp³-hybridized carbons (Fsp3) is 0.981. The number of aliphatic hydroxyl groups excluding tert-OH is 6. The van der Waals surface area contributed by atoms with Crippen molar-refractivity contribution >= 4 is 13.7 Å². The van der Waals surface area contributed by atoms with Crippen LogP contribution in [0.3, 0.4) is 0 Å². The average Bonchev–Trinajstić information content (AvgIpc) is 3.29. The van der Waals surface area contributed by atoms with Gasteiger partial charge in [0.2, 0.25) is 0 Å². The van der Waals surface area contributed by atoms with Crippen LogP contribution in [-0.4, -0.2) is 96.8 Å². The van der Waals surface area contributed by atoms with Gasteiger partial charge in [-0.25, -0.2) is 4.57 Å². The van der Waals surface area contributed by atoms with E-state index in [2.05, 4.69) is 18.8 Å². The summed E-state index contributed by atoms with van der Waals surface area (Å²) in [5.41, 5.74) is 0. The van der Waals surface area contributed by atoms with Crippen molar-refractivity contribution in [2.24, 2.45) is 4.99 Å². The lowest BCUT2D eigenvalue weighted by atomic mass is 9.85. The molecule has 0 heterocycles. The Balaban J connectivity index is 2.37. The topological polar surface area (TPSA) is 213 Å². The van der Waals surface area contributed by atoms with E-state index in [0.29, 0.717) is 19.3 Å². The molecule has 9 atom stereocenters. The van der Waals surface area contributed by atoms with Gasteiger partial charge < -0.3 is 40.6 Å². The Kier molecular flexibility index (Phi) is 40.5. The molecule has 1 saturated carbocycles. The van der Waals surface area contributed by atoms with Crippen molar-refractivity contribution in [2.75, 3.05) is 6.61 Å². The Hall–Kier alpha value is -0.660. The summed E-state index contributed by atoms with van der Waals surface area (Å²) in [5.74, 6) is -0.426. The second kappa shape index (κ2) is 42.2. The summed E-state index contributed by atoms with van der Waals surface area (Å²) < 4.78 is 23.0. The molecular weight excluding hydrogens is 846 g/mol. The van der Waals surface area contributed by atoms with Crippen molar-refractivity contribution in [3.05, 3.63) is 0 Å². The number of hydrogen-bond donors (Lipinski definition) is 7. The predicted octanol–water partition coefficient (Wildman–Crippen LogP) is 11.4. The molecule has 0 aromatic heterocycles. The molecule has 0 aromatic carbocycles. The van der Waals surface area contributed by atoms with Crippen LogP contribution in [-0.2, 0) is 13.6 Å². The highest BCUT2D eigenvalue weighted by atomic mass is 31.2. The molecule has 13 heteroatoms. The fourth-order valence-corrected chi connectivity index (χ4v) is 10.1. The highest BCUT2D eigenvalue weighted by Gasteiger charge is 2.51. The second-order valence-electron chi connectivity index (χ2n) is 19.7. The Morgan fingerprint density at radius 3 is 1.08 bits per heavy atom. The average molecular weight is 949 g/mol. The lowest BCUT2D eigenvalue weighted by Gasteiger charge is -2.41. The highest BCUT2D eigenvalue weighted by Crippen LogP contribution is 2.47. The molecule has 1 aliphatic rings. The largest absolute Gasteiger partial charge is 0.862 e. The maximum absolute atomic E-state index is 13.0. The van der Waals surface area contributed by atoms with E-state index in [-0.39, 0.29) is 6.42 Å². The third-order valence-corrected chi connectivity index (χ3v) is 14.6. The zero-order chi connectivity index (χ0) is 47.8. The summed E-state index contributed by atoms with van der Waals surface area (Å²) in [7, 11) is -5.08. The number of unbranched alkanes of at least 4 members (excludes halogenated alkanes) is 36. The number of aliphatic hydroxyl groups is 6. The molecule has 7 N–H and O–H groups in total. The first-order valence-corrected chi connectivity index (χ1v) is 28.9. The first-order valence-electron chi connectivity index (χ1n) is 27.4. The molecule has 0 aromatic rings. The van der Waals surface area contributed by atoms with Crippen LogP contribution < -0.4 is 5.11 Å². The standard InChI is InChI=1S/C52H104NO11P/c1-3-5-7-9-11-13-15-17-19-20-21-22-23-24-25-26-28-30-32-34-36-38-40-42-46(55)53-44(43-63-65(61,62)64-52-50(59)48(57)47(56)49(58)51(52)60)45(54)41-39-37-35-33-31-29-27-18-16-14-12-10-8-6-4-2/h44-45,47-52,54,56-60H,3-43H2,1-2H3,(H,53,55)(H,61,62)/p-1/t44-,45+,47?,48-,49+,50+,51+,52?/m0/s1. The molecule has 0 spiro atoms. The lowest BCUT2D eigenvalue weighted by molar-refractivity contribution is -0.220. The molecule has 12 nitrogen and oxygen atoms in total. The van der Waals surface area contributed by atoms with Gasteiger partial charge in [0, 0.05) is 0 Å². The maximum Gasteiger partial charge on any atom is 0.472 e. The molecule has 0 saturated heterocycles. The zero-order valence-electron chi connectivity index (χ0n) is 41.8. The van der Waals surface area contributed by atoms with Gasteiger partial charge in [0.1, 0.15) is 36.6 Å². The van der Waals surface area contributed by atoms with Gasteiger partial charge in [-0.05, 0) is 25.2 Å². The number of phosphoric ester groups is 1. The zero-order valence-corrected chi connectivity index (χ0v) is 42.7. The van der Waals surface area contributed by atoms with Gasteiger partial charge in [0.25, 0.3) is 0 Å². The monoisotopic (exact) mass is 949 g/mol. The third kappa shape index (κ3) is 33.5. The van der Waals surface area contributed by atoms with Gasteiger partial charge >= 0.3 is 7.82 Å². The lowest BCUT2D eigenvalue weighted by Crippen LogP contribution is -2.64. The summed E-state index contributed by atoms with van der Waals surface area (Å²) in [6.45, 7) is 3.87. The summed E-state index contributed by atoms with van der Waals surface area (Å²) in [6, 6.07) is -1.15. The number of aliphatic imine (C=N–C) groups is 1. The van der Waals surface area contributed by atoms with Crippen molar-refractivity contribution in [3.63, 3.8) is 0 Å². The van der Waals surface area contributed by atoms with E-state index in [1.54, 1.807) is 0 Å². The Bertz CT molecular complexity index is 1120. The minimum atomic E-state index is -5.08. The van der Waals surface area contributed by atoms with Crippen LogP contribution in [0.15, 0.2) is 4.99 Å². The summed E-state index contributed by atoms with van der Waals surface area (Å²) >= 11 is 0. The first-order chi connectivity index (χ1) is 31.4. The quantitative estimate of drug-likeness (QED) is 0.0132. The third-order valence-electron chi connectivity index (χ3n) is 13.6. The normalized spacial score (nSPS) is 22.3. The molecular formula is C52H103NO11P-. The van der Waals surface area contributed by atoms with Crippen LogP contribution in [0.2, 0.25) is 0 Å². The Morgan fingerprint density at radius 1 is 0.477 bits per heavy atom. The molecule has 65 heavy (non-hydrogen) atoms. The van der Waals surface area contributed by atoms with Crippen molar-refractivity contribution in [2.45, 2.75) is 319 Å². The van der Waals surface area contributed by atoms with E-state index in [4.69, 9.17) is 9.05 Å². The van der Waals surface area contributed by atoms with Crippen LogP contribution in [0, 0.1) is 0 Å². The minimum Gasteiger partial charge on any atom is -0.862 e. The minimum absolute atomic E-state index is 0.188. The summed E-state index contributed by atoms with van der Waals surface area (Å²) in [6.07, 6.45) is 35.2. The van der Waals surface area contributed by atoms with Crippen LogP contribution in [0.25, 0.3) is 0 Å². The predicted molar refractivity (Wildman–Crippen MR) is 264 cm³/mol. The van der Waals surface area contributed by atoms with Gasteiger partial charge in [0.15, 0.2) is 0 Å². The van der Waals surface area contributed by atoms with Crippen molar-refractivity contribution in [1.29, 1.82) is 0 Å². The van der Waals surface area contributed by atoms with Gasteiger partial charge in [-0.1, -0.05) is 251 Å². The van der Waals surface area contributed by atoms with Crippen LogP contribution in [0.4, 0.5) is 0 Å². The van der Waals surface area contributed by atoms with Crippen molar-refractivity contribution < 1.29 is 54.3 Å². The molecule has 1 rings (SSSR count). The van der Waals surface area contributed by atoms with E-state index in [0.717, 1.165) is 38.5 Å². The van der Waals surface area contributed by atoms with E-state index in [9.17, 15) is 45.2 Å².